The van der Waals surface area contributed by atoms with Gasteiger partial charge >= 0.3 is 0 Å². The maximum Gasteiger partial charge on any atom is 0.255 e. The molecule has 6 heteroatoms. The Hall–Kier alpha value is -4.19. The van der Waals surface area contributed by atoms with Crippen LogP contribution >= 0.6 is 0 Å². The smallest absolute Gasteiger partial charge is 0.255 e. The van der Waals surface area contributed by atoms with Gasteiger partial charge in [-0.3, -0.25) is 4.79 Å². The van der Waals surface area contributed by atoms with Crippen LogP contribution in [0.2, 0.25) is 0 Å². The van der Waals surface area contributed by atoms with Gasteiger partial charge in [0.2, 0.25) is 0 Å². The Labute approximate surface area is 188 Å². The average Bonchev–Trinajstić information content (AvgIpc) is 2.80. The molecule has 0 aliphatic heterocycles. The summed E-state index contributed by atoms with van der Waals surface area (Å²) in [5, 5.41) is 6.24. The zero-order valence-electron chi connectivity index (χ0n) is 18.3. The van der Waals surface area contributed by atoms with Crippen LogP contribution in [0.5, 0.6) is 0 Å². The number of hydrogen-bond donors (Lipinski definition) is 2. The molecule has 1 heterocycles. The molecule has 0 radical (unpaired) electrons. The minimum Gasteiger partial charge on any atom is -0.378 e. The van der Waals surface area contributed by atoms with Crippen molar-refractivity contribution in [2.75, 3.05) is 29.6 Å². The van der Waals surface area contributed by atoms with Crippen LogP contribution in [-0.4, -0.2) is 30.0 Å². The number of nitrogens with zero attached hydrogens (tertiary/aromatic N) is 3. The summed E-state index contributed by atoms with van der Waals surface area (Å²) in [6.45, 7) is 1.86. The fourth-order valence-corrected chi connectivity index (χ4v) is 3.32. The van der Waals surface area contributed by atoms with E-state index >= 15 is 0 Å². The number of rotatable bonds is 6. The van der Waals surface area contributed by atoms with Crippen LogP contribution in [0.1, 0.15) is 16.2 Å². The number of amides is 1. The highest BCUT2D eigenvalue weighted by atomic mass is 16.1. The molecule has 0 atom stereocenters. The Morgan fingerprint density at radius 3 is 2.28 bits per heavy atom. The molecule has 0 fully saturated rings. The highest BCUT2D eigenvalue weighted by Gasteiger charge is 2.09. The van der Waals surface area contributed by atoms with E-state index in [0.29, 0.717) is 17.2 Å². The van der Waals surface area contributed by atoms with Crippen molar-refractivity contribution in [3.63, 3.8) is 0 Å². The summed E-state index contributed by atoms with van der Waals surface area (Å²) < 4.78 is 0. The molecule has 0 bridgehead atoms. The molecule has 3 aromatic carbocycles. The van der Waals surface area contributed by atoms with Crippen molar-refractivity contribution in [3.8, 4) is 11.3 Å². The van der Waals surface area contributed by atoms with Crippen molar-refractivity contribution >= 4 is 28.8 Å². The predicted molar refractivity (Wildman–Crippen MR) is 131 cm³/mol. The first-order chi connectivity index (χ1) is 15.5. The summed E-state index contributed by atoms with van der Waals surface area (Å²) in [5.74, 6) is 1.17. The molecule has 1 aromatic heterocycles. The average molecular weight is 424 g/mol. The Morgan fingerprint density at radius 2 is 1.56 bits per heavy atom. The molecule has 32 heavy (non-hydrogen) atoms. The third-order valence-corrected chi connectivity index (χ3v) is 4.95. The van der Waals surface area contributed by atoms with Crippen LogP contribution in [0, 0.1) is 6.92 Å². The number of benzene rings is 3. The van der Waals surface area contributed by atoms with Crippen LogP contribution < -0.4 is 15.5 Å². The van der Waals surface area contributed by atoms with E-state index < -0.39 is 0 Å². The van der Waals surface area contributed by atoms with Crippen molar-refractivity contribution in [2.45, 2.75) is 6.92 Å². The highest BCUT2D eigenvalue weighted by molar-refractivity contribution is 6.05. The molecule has 2 N–H and O–H groups in total. The first-order valence-corrected chi connectivity index (χ1v) is 10.3. The van der Waals surface area contributed by atoms with Crippen LogP contribution in [0.15, 0.2) is 84.9 Å². The van der Waals surface area contributed by atoms with Crippen LogP contribution in [0.3, 0.4) is 0 Å². The fourth-order valence-electron chi connectivity index (χ4n) is 3.32. The summed E-state index contributed by atoms with van der Waals surface area (Å²) in [4.78, 5) is 23.8. The highest BCUT2D eigenvalue weighted by Crippen LogP contribution is 2.23. The van der Waals surface area contributed by atoms with E-state index in [1.54, 1.807) is 6.07 Å². The van der Waals surface area contributed by atoms with Gasteiger partial charge in [0.05, 0.1) is 5.69 Å². The molecule has 4 aromatic rings. The molecule has 160 valence electrons. The second kappa shape index (κ2) is 9.31. The maximum absolute atomic E-state index is 12.8. The molecule has 0 saturated carbocycles. The second-order valence-corrected chi connectivity index (χ2v) is 7.65. The van der Waals surface area contributed by atoms with Gasteiger partial charge in [-0.25, -0.2) is 9.97 Å². The monoisotopic (exact) mass is 423 g/mol. The Balaban J connectivity index is 1.51. The van der Waals surface area contributed by atoms with Crippen LogP contribution in [0.25, 0.3) is 11.3 Å². The fraction of sp³-hybridized carbons (Fsp3) is 0.115. The number of anilines is 4. The van der Waals surface area contributed by atoms with E-state index in [9.17, 15) is 4.79 Å². The van der Waals surface area contributed by atoms with E-state index in [1.165, 1.54) is 0 Å². The first-order valence-electron chi connectivity index (χ1n) is 10.3. The summed E-state index contributed by atoms with van der Waals surface area (Å²) in [6, 6.07) is 26.9. The topological polar surface area (TPSA) is 70.2 Å². The van der Waals surface area contributed by atoms with Gasteiger partial charge in [0.25, 0.3) is 5.91 Å². The van der Waals surface area contributed by atoms with Crippen molar-refractivity contribution in [2.24, 2.45) is 0 Å². The molecule has 1 amide bonds. The molecular weight excluding hydrogens is 398 g/mol. The summed E-state index contributed by atoms with van der Waals surface area (Å²) in [7, 11) is 3.96. The van der Waals surface area contributed by atoms with Gasteiger partial charge in [-0.05, 0) is 49.4 Å². The lowest BCUT2D eigenvalue weighted by Crippen LogP contribution is -2.13. The predicted octanol–water partition coefficient (Wildman–Crippen LogP) is 5.51. The zero-order chi connectivity index (χ0) is 22.5. The molecular formula is C26H25N5O. The van der Waals surface area contributed by atoms with Gasteiger partial charge < -0.3 is 15.5 Å². The maximum atomic E-state index is 12.8. The summed E-state index contributed by atoms with van der Waals surface area (Å²) in [5.41, 5.74) is 5.02. The van der Waals surface area contributed by atoms with Crippen LogP contribution in [-0.2, 0) is 0 Å². The molecule has 0 unspecified atom stereocenters. The van der Waals surface area contributed by atoms with E-state index in [1.807, 2.05) is 105 Å². The minimum atomic E-state index is -0.171. The lowest BCUT2D eigenvalue weighted by Gasteiger charge is -2.13. The van der Waals surface area contributed by atoms with Crippen molar-refractivity contribution < 1.29 is 4.79 Å². The number of aryl methyl sites for hydroxylation is 1. The normalized spacial score (nSPS) is 10.5. The molecule has 0 spiro atoms. The third kappa shape index (κ3) is 5.10. The van der Waals surface area contributed by atoms with Crippen molar-refractivity contribution in [1.29, 1.82) is 0 Å². The van der Waals surface area contributed by atoms with Gasteiger partial charge in [0, 0.05) is 48.4 Å². The van der Waals surface area contributed by atoms with Crippen LogP contribution in [0.4, 0.5) is 22.9 Å². The number of carbonyl (C=O) groups is 1. The first kappa shape index (κ1) is 21.1. The van der Waals surface area contributed by atoms with Gasteiger partial charge in [-0.15, -0.1) is 0 Å². The SMILES string of the molecule is Cc1nc(Nc2cccc(C(=O)Nc3ccc(N(C)C)cc3)c2)cc(-c2ccccc2)n1. The second-order valence-electron chi connectivity index (χ2n) is 7.65. The van der Waals surface area contributed by atoms with E-state index in [2.05, 4.69) is 20.6 Å². The van der Waals surface area contributed by atoms with Gasteiger partial charge in [0.1, 0.15) is 11.6 Å². The van der Waals surface area contributed by atoms with E-state index in [-0.39, 0.29) is 5.91 Å². The zero-order valence-corrected chi connectivity index (χ0v) is 18.3. The lowest BCUT2D eigenvalue weighted by molar-refractivity contribution is 0.102. The Morgan fingerprint density at radius 1 is 0.812 bits per heavy atom. The van der Waals surface area contributed by atoms with Crippen molar-refractivity contribution in [3.05, 3.63) is 96.3 Å². The number of aromatic nitrogens is 2. The van der Waals surface area contributed by atoms with Gasteiger partial charge in [-0.2, -0.15) is 0 Å². The molecule has 6 nitrogen and oxygen atoms in total. The van der Waals surface area contributed by atoms with Crippen molar-refractivity contribution in [1.82, 2.24) is 9.97 Å². The molecule has 0 aliphatic rings. The quantitative estimate of drug-likeness (QED) is 0.428. The van der Waals surface area contributed by atoms with E-state index in [4.69, 9.17) is 0 Å². The Kier molecular flexibility index (Phi) is 6.12. The Bertz CT molecular complexity index is 1220. The van der Waals surface area contributed by atoms with E-state index in [0.717, 1.165) is 28.3 Å². The van der Waals surface area contributed by atoms with Gasteiger partial charge in [0.15, 0.2) is 0 Å². The molecule has 4 rings (SSSR count). The minimum absolute atomic E-state index is 0.171. The van der Waals surface area contributed by atoms with Gasteiger partial charge in [-0.1, -0.05) is 36.4 Å². The largest absolute Gasteiger partial charge is 0.378 e. The molecule has 0 saturated heterocycles. The third-order valence-electron chi connectivity index (χ3n) is 4.95. The number of hydrogen-bond acceptors (Lipinski definition) is 5. The number of carbonyl (C=O) groups excluding carboxylic acids is 1. The number of nitrogens with one attached hydrogen (secondary N) is 2. The summed E-state index contributed by atoms with van der Waals surface area (Å²) >= 11 is 0. The molecule has 0 aliphatic carbocycles. The standard InChI is InChI=1S/C26H25N5O/c1-18-27-24(19-8-5-4-6-9-19)17-25(28-18)29-22-11-7-10-20(16-22)26(32)30-21-12-14-23(15-13-21)31(2)3/h4-17H,1-3H3,(H,30,32)(H,27,28,29). The lowest BCUT2D eigenvalue weighted by atomic mass is 10.1. The summed E-state index contributed by atoms with van der Waals surface area (Å²) in [6.07, 6.45) is 0.